The van der Waals surface area contributed by atoms with Crippen LogP contribution in [0.15, 0.2) is 0 Å². The Balaban J connectivity index is 0. The second-order valence-corrected chi connectivity index (χ2v) is 1.95. The number of ether oxygens (including phenoxy) is 1. The summed E-state index contributed by atoms with van der Waals surface area (Å²) in [5, 5.41) is 9.57. The van der Waals surface area contributed by atoms with Gasteiger partial charge in [0.25, 0.3) is 6.16 Å². The van der Waals surface area contributed by atoms with E-state index in [1.165, 1.54) is 0 Å². The molecule has 0 aromatic carbocycles. The van der Waals surface area contributed by atoms with Gasteiger partial charge in [0.1, 0.15) is 0 Å². The molecule has 0 aliphatic carbocycles. The molecule has 0 aromatic rings. The van der Waals surface area contributed by atoms with Crippen LogP contribution in [0.2, 0.25) is 0 Å². The average Bonchev–Trinajstić information content (AvgIpc) is 1.61. The summed E-state index contributed by atoms with van der Waals surface area (Å²) >= 11 is 0. The molecule has 3 nitrogen and oxygen atoms in total. The Morgan fingerprint density at radius 3 is 2.22 bits per heavy atom. The molecule has 0 atom stereocenters. The summed E-state index contributed by atoms with van der Waals surface area (Å²) in [5.74, 6) is 0.243. The fourth-order valence-corrected chi connectivity index (χ4v) is 0.235. The summed E-state index contributed by atoms with van der Waals surface area (Å²) in [6.07, 6.45) is -1.45. The van der Waals surface area contributed by atoms with Crippen molar-refractivity contribution in [1.29, 1.82) is 0 Å². The van der Waals surface area contributed by atoms with Crippen LogP contribution in [0.4, 0.5) is 4.79 Å². The fraction of sp³-hybridized carbons (Fsp3) is 0.800. The minimum Gasteiger partial charge on any atom is -0.549 e. The Bertz CT molecular complexity index is 82.3. The van der Waals surface area contributed by atoms with E-state index in [-0.39, 0.29) is 63.9 Å². The largest absolute Gasteiger partial charge is 1.00 e. The molecular formula is C5H9KO3. The molecular weight excluding hydrogens is 147 g/mol. The Morgan fingerprint density at radius 1 is 1.67 bits per heavy atom. The summed E-state index contributed by atoms with van der Waals surface area (Å²) in [5.41, 5.74) is 0. The third kappa shape index (κ3) is 12.2. The number of rotatable bonds is 2. The van der Waals surface area contributed by atoms with Gasteiger partial charge in [-0.15, -0.1) is 0 Å². The molecule has 0 radical (unpaired) electrons. The molecule has 0 aromatic heterocycles. The Morgan fingerprint density at radius 2 is 2.11 bits per heavy atom. The topological polar surface area (TPSA) is 49.4 Å². The van der Waals surface area contributed by atoms with Crippen LogP contribution in [0, 0.1) is 5.92 Å². The van der Waals surface area contributed by atoms with Crippen LogP contribution in [0.1, 0.15) is 13.8 Å². The Kier molecular flexibility index (Phi) is 9.80. The predicted molar refractivity (Wildman–Crippen MR) is 26.2 cm³/mol. The number of hydrogen-bond acceptors (Lipinski definition) is 3. The third-order valence-electron chi connectivity index (χ3n) is 0.535. The first-order valence-corrected chi connectivity index (χ1v) is 2.46. The molecule has 0 bridgehead atoms. The van der Waals surface area contributed by atoms with Gasteiger partial charge in [0.15, 0.2) is 0 Å². The fourth-order valence-electron chi connectivity index (χ4n) is 0.235. The van der Waals surface area contributed by atoms with Crippen LogP contribution in [-0.2, 0) is 4.74 Å². The maximum atomic E-state index is 9.57. The first kappa shape index (κ1) is 12.6. The zero-order valence-corrected chi connectivity index (χ0v) is 9.13. The van der Waals surface area contributed by atoms with E-state index in [4.69, 9.17) is 0 Å². The molecule has 0 saturated carbocycles. The molecule has 0 N–H and O–H groups in total. The van der Waals surface area contributed by atoms with Gasteiger partial charge in [-0.05, 0) is 5.92 Å². The van der Waals surface area contributed by atoms with Crippen molar-refractivity contribution in [3.05, 3.63) is 0 Å². The van der Waals surface area contributed by atoms with Crippen molar-refractivity contribution in [2.45, 2.75) is 13.8 Å². The maximum absolute atomic E-state index is 9.57. The molecule has 0 rings (SSSR count). The zero-order valence-electron chi connectivity index (χ0n) is 6.01. The third-order valence-corrected chi connectivity index (χ3v) is 0.535. The van der Waals surface area contributed by atoms with Gasteiger partial charge in [0.2, 0.25) is 0 Å². The quantitative estimate of drug-likeness (QED) is 0.316. The van der Waals surface area contributed by atoms with Crippen LogP contribution < -0.4 is 56.5 Å². The van der Waals surface area contributed by atoms with Crippen LogP contribution in [-0.4, -0.2) is 12.8 Å². The molecule has 0 heterocycles. The minimum atomic E-state index is -1.45. The number of carbonyl (C=O) groups excluding carboxylic acids is 1. The maximum Gasteiger partial charge on any atom is 1.00 e. The van der Waals surface area contributed by atoms with E-state index < -0.39 is 6.16 Å². The first-order valence-electron chi connectivity index (χ1n) is 2.46. The summed E-state index contributed by atoms with van der Waals surface area (Å²) < 4.78 is 4.11. The van der Waals surface area contributed by atoms with Crippen molar-refractivity contribution in [3.63, 3.8) is 0 Å². The predicted octanol–water partition coefficient (Wildman–Crippen LogP) is -2.99. The van der Waals surface area contributed by atoms with Crippen molar-refractivity contribution >= 4 is 6.16 Å². The molecule has 0 spiro atoms. The molecule has 0 saturated heterocycles. The monoisotopic (exact) mass is 156 g/mol. The molecule has 0 aliphatic rings. The SMILES string of the molecule is CC(C)COC(=O)[O-].[K+]. The van der Waals surface area contributed by atoms with E-state index >= 15 is 0 Å². The van der Waals surface area contributed by atoms with Gasteiger partial charge in [0, 0.05) is 6.61 Å². The molecule has 0 aliphatic heterocycles. The van der Waals surface area contributed by atoms with Crippen molar-refractivity contribution in [2.24, 2.45) is 5.92 Å². The molecule has 0 amide bonds. The van der Waals surface area contributed by atoms with E-state index in [1.54, 1.807) is 0 Å². The summed E-state index contributed by atoms with van der Waals surface area (Å²) in [4.78, 5) is 9.57. The number of carbonyl (C=O) groups is 1. The van der Waals surface area contributed by atoms with Crippen molar-refractivity contribution in [1.82, 2.24) is 0 Å². The molecule has 48 valence electrons. The van der Waals surface area contributed by atoms with E-state index in [2.05, 4.69) is 4.74 Å². The normalized spacial score (nSPS) is 8.33. The van der Waals surface area contributed by atoms with E-state index in [9.17, 15) is 9.90 Å². The summed E-state index contributed by atoms with van der Waals surface area (Å²) in [7, 11) is 0. The smallest absolute Gasteiger partial charge is 0.549 e. The zero-order chi connectivity index (χ0) is 6.57. The molecule has 9 heavy (non-hydrogen) atoms. The summed E-state index contributed by atoms with van der Waals surface area (Å²) in [6.45, 7) is 3.95. The van der Waals surface area contributed by atoms with Gasteiger partial charge < -0.3 is 14.6 Å². The van der Waals surface area contributed by atoms with Gasteiger partial charge in [-0.25, -0.2) is 0 Å². The minimum absolute atomic E-state index is 0. The van der Waals surface area contributed by atoms with Gasteiger partial charge in [-0.3, -0.25) is 0 Å². The van der Waals surface area contributed by atoms with Gasteiger partial charge in [-0.1, -0.05) is 13.8 Å². The van der Waals surface area contributed by atoms with Crippen molar-refractivity contribution in [3.8, 4) is 0 Å². The summed E-state index contributed by atoms with van der Waals surface area (Å²) in [6, 6.07) is 0. The number of hydrogen-bond donors (Lipinski definition) is 0. The molecule has 4 heteroatoms. The average molecular weight is 156 g/mol. The molecule has 0 fully saturated rings. The molecule has 0 unspecified atom stereocenters. The Labute approximate surface area is 97.2 Å². The number of carboxylic acid groups (broad SMARTS) is 1. The van der Waals surface area contributed by atoms with E-state index in [0.29, 0.717) is 0 Å². The van der Waals surface area contributed by atoms with Crippen LogP contribution in [0.5, 0.6) is 0 Å². The van der Waals surface area contributed by atoms with Crippen molar-refractivity contribution in [2.75, 3.05) is 6.61 Å². The second kappa shape index (κ2) is 7.02. The van der Waals surface area contributed by atoms with Crippen molar-refractivity contribution < 1.29 is 66.0 Å². The van der Waals surface area contributed by atoms with Crippen LogP contribution in [0.25, 0.3) is 0 Å². The van der Waals surface area contributed by atoms with Gasteiger partial charge in [0.05, 0.1) is 0 Å². The standard InChI is InChI=1S/C5H10O3.K/c1-4(2)3-8-5(6)7;/h4H,3H2,1-2H3,(H,6,7);/q;+1/p-1. The first-order chi connectivity index (χ1) is 3.63. The van der Waals surface area contributed by atoms with E-state index in [0.717, 1.165) is 0 Å². The van der Waals surface area contributed by atoms with E-state index in [1.807, 2.05) is 13.8 Å². The van der Waals surface area contributed by atoms with Crippen LogP contribution >= 0.6 is 0 Å². The van der Waals surface area contributed by atoms with Gasteiger partial charge in [-0.2, -0.15) is 0 Å². The van der Waals surface area contributed by atoms with Gasteiger partial charge >= 0.3 is 51.4 Å². The van der Waals surface area contributed by atoms with Crippen LogP contribution in [0.3, 0.4) is 0 Å². The Hall–Kier alpha value is 0.906. The second-order valence-electron chi connectivity index (χ2n) is 1.95.